The summed E-state index contributed by atoms with van der Waals surface area (Å²) < 4.78 is 33.6. The van der Waals surface area contributed by atoms with Gasteiger partial charge in [0.05, 0.1) is 30.7 Å². The molecule has 9 nitrogen and oxygen atoms in total. The number of amides is 1. The van der Waals surface area contributed by atoms with Crippen molar-refractivity contribution in [1.29, 1.82) is 0 Å². The van der Waals surface area contributed by atoms with Gasteiger partial charge in [0.25, 0.3) is 5.91 Å². The van der Waals surface area contributed by atoms with Crippen molar-refractivity contribution in [1.82, 2.24) is 24.6 Å². The predicted octanol–water partition coefficient (Wildman–Crippen LogP) is 2.39. The van der Waals surface area contributed by atoms with Gasteiger partial charge in [0.1, 0.15) is 0 Å². The van der Waals surface area contributed by atoms with Crippen molar-refractivity contribution in [2.75, 3.05) is 45.9 Å². The molecule has 5 heterocycles. The third-order valence-electron chi connectivity index (χ3n) is 7.01. The Kier molecular flexibility index (Phi) is 6.47. The summed E-state index contributed by atoms with van der Waals surface area (Å²) in [5.41, 5.74) is 2.06. The van der Waals surface area contributed by atoms with Crippen molar-refractivity contribution in [2.45, 2.75) is 49.9 Å². The second kappa shape index (κ2) is 9.39. The van der Waals surface area contributed by atoms with Gasteiger partial charge in [-0.1, -0.05) is 13.8 Å². The first-order chi connectivity index (χ1) is 16.3. The van der Waals surface area contributed by atoms with E-state index < -0.39 is 9.84 Å². The van der Waals surface area contributed by atoms with Crippen LogP contribution in [0.15, 0.2) is 23.4 Å². The van der Waals surface area contributed by atoms with Crippen LogP contribution >= 0.6 is 0 Å². The maximum Gasteiger partial charge on any atom is 0.274 e. The molecule has 10 heteroatoms. The van der Waals surface area contributed by atoms with E-state index in [1.165, 1.54) is 6.20 Å². The van der Waals surface area contributed by atoms with E-state index in [-0.39, 0.29) is 28.4 Å². The largest absolute Gasteiger partial charge is 0.378 e. The first-order valence-corrected chi connectivity index (χ1v) is 13.9. The Bertz CT molecular complexity index is 1170. The highest BCUT2D eigenvalue weighted by atomic mass is 32.2. The molecule has 0 N–H and O–H groups in total. The van der Waals surface area contributed by atoms with Gasteiger partial charge < -0.3 is 14.5 Å². The maximum absolute atomic E-state index is 13.5. The molecule has 3 aliphatic rings. The first-order valence-electron chi connectivity index (χ1n) is 12.2. The Balaban J connectivity index is 1.58. The molecule has 0 spiro atoms. The quantitative estimate of drug-likeness (QED) is 0.639. The molecule has 2 saturated heterocycles. The van der Waals surface area contributed by atoms with E-state index in [0.29, 0.717) is 43.3 Å². The monoisotopic (exact) mass is 487 g/mol. The number of fused-ring (bicyclic) bond motifs is 3. The number of carbonyl (C=O) groups excluding carboxylic acids is 1. The van der Waals surface area contributed by atoms with Gasteiger partial charge in [0.2, 0.25) is 9.84 Å². The van der Waals surface area contributed by atoms with Crippen LogP contribution in [0.25, 0.3) is 11.3 Å². The number of sulfone groups is 1. The third-order valence-corrected chi connectivity index (χ3v) is 8.60. The van der Waals surface area contributed by atoms with Crippen LogP contribution in [0.2, 0.25) is 0 Å². The molecule has 3 aliphatic heterocycles. The van der Waals surface area contributed by atoms with E-state index >= 15 is 0 Å². The number of carbonyl (C=O) groups is 1. The van der Waals surface area contributed by atoms with Gasteiger partial charge >= 0.3 is 0 Å². The van der Waals surface area contributed by atoms with Gasteiger partial charge in [-0.05, 0) is 50.4 Å². The molecule has 0 bridgehead atoms. The number of hydrogen-bond donors (Lipinski definition) is 0. The second-order valence-electron chi connectivity index (χ2n) is 9.92. The van der Waals surface area contributed by atoms with Crippen molar-refractivity contribution in [3.63, 3.8) is 0 Å². The number of nitrogens with zero attached hydrogens (tertiary/aromatic N) is 5. The number of piperidine rings is 1. The summed E-state index contributed by atoms with van der Waals surface area (Å²) in [6, 6.07) is 3.62. The average molecular weight is 488 g/mol. The molecular formula is C24H33N5O4S. The molecule has 5 rings (SSSR count). The minimum atomic E-state index is -3.66. The fourth-order valence-corrected chi connectivity index (χ4v) is 6.71. The van der Waals surface area contributed by atoms with E-state index in [2.05, 4.69) is 23.7 Å². The highest BCUT2D eigenvalue weighted by Gasteiger charge is 2.39. The van der Waals surface area contributed by atoms with Crippen LogP contribution in [-0.4, -0.2) is 84.8 Å². The van der Waals surface area contributed by atoms with Gasteiger partial charge in [0, 0.05) is 37.0 Å². The van der Waals surface area contributed by atoms with Crippen LogP contribution in [-0.2, 0) is 20.3 Å². The number of likely N-dealkylation sites (tertiary alicyclic amines) is 1. The summed E-state index contributed by atoms with van der Waals surface area (Å²) in [6.07, 6.45) is 4.63. The minimum absolute atomic E-state index is 0.0785. The van der Waals surface area contributed by atoms with Gasteiger partial charge in [-0.15, -0.1) is 0 Å². The van der Waals surface area contributed by atoms with Crippen molar-refractivity contribution in [2.24, 2.45) is 5.92 Å². The Morgan fingerprint density at radius 3 is 2.79 bits per heavy atom. The molecule has 1 unspecified atom stereocenters. The topological polar surface area (TPSA) is 97.6 Å². The van der Waals surface area contributed by atoms with E-state index in [4.69, 9.17) is 9.84 Å². The number of hydrogen-bond acceptors (Lipinski definition) is 7. The normalized spacial score (nSPS) is 22.4. The summed E-state index contributed by atoms with van der Waals surface area (Å²) in [5.74, 6) is 0.175. The molecule has 0 aliphatic carbocycles. The van der Waals surface area contributed by atoms with E-state index in [1.54, 1.807) is 17.0 Å². The van der Waals surface area contributed by atoms with Gasteiger partial charge in [-0.2, -0.15) is 5.10 Å². The third kappa shape index (κ3) is 4.38. The van der Waals surface area contributed by atoms with Crippen LogP contribution in [0.3, 0.4) is 0 Å². The lowest BCUT2D eigenvalue weighted by Crippen LogP contribution is -2.41. The minimum Gasteiger partial charge on any atom is -0.378 e. The lowest BCUT2D eigenvalue weighted by molar-refractivity contribution is 0.0297. The summed E-state index contributed by atoms with van der Waals surface area (Å²) in [5, 5.41) is 4.94. The molecule has 2 aromatic heterocycles. The zero-order valence-electron chi connectivity index (χ0n) is 19.9. The van der Waals surface area contributed by atoms with Crippen molar-refractivity contribution in [3.05, 3.63) is 29.6 Å². The number of rotatable bonds is 5. The molecule has 1 amide bonds. The average Bonchev–Trinajstić information content (AvgIpc) is 3.22. The van der Waals surface area contributed by atoms with Crippen LogP contribution in [0, 0.1) is 5.92 Å². The van der Waals surface area contributed by atoms with Gasteiger partial charge in [0.15, 0.2) is 10.7 Å². The lowest BCUT2D eigenvalue weighted by atomic mass is 10.0. The molecule has 1 atom stereocenters. The summed E-state index contributed by atoms with van der Waals surface area (Å²) in [4.78, 5) is 21.9. The molecule has 2 fully saturated rings. The molecule has 34 heavy (non-hydrogen) atoms. The number of pyridine rings is 1. The molecule has 2 aromatic rings. The molecule has 184 valence electrons. The van der Waals surface area contributed by atoms with Crippen LogP contribution in [0.5, 0.6) is 0 Å². The van der Waals surface area contributed by atoms with Gasteiger partial charge in [-0.3, -0.25) is 9.48 Å². The van der Waals surface area contributed by atoms with Crippen molar-refractivity contribution in [3.8, 4) is 11.3 Å². The van der Waals surface area contributed by atoms with Crippen LogP contribution in [0.4, 0.5) is 0 Å². The molecule has 0 saturated carbocycles. The Hall–Kier alpha value is -2.30. The highest BCUT2D eigenvalue weighted by molar-refractivity contribution is 7.90. The molecule has 0 aromatic carbocycles. The highest BCUT2D eigenvalue weighted by Crippen LogP contribution is 2.41. The zero-order chi connectivity index (χ0) is 23.9. The molecule has 0 radical (unpaired) electrons. The van der Waals surface area contributed by atoms with Gasteiger partial charge in [-0.25, -0.2) is 13.4 Å². The summed E-state index contributed by atoms with van der Waals surface area (Å²) in [6.45, 7) is 9.32. The van der Waals surface area contributed by atoms with Crippen LogP contribution in [0.1, 0.15) is 55.2 Å². The Labute approximate surface area is 201 Å². The predicted molar refractivity (Wildman–Crippen MR) is 127 cm³/mol. The van der Waals surface area contributed by atoms with E-state index in [9.17, 15) is 13.2 Å². The van der Waals surface area contributed by atoms with E-state index in [1.807, 2.05) is 4.68 Å². The molecular weight excluding hydrogens is 454 g/mol. The first kappa shape index (κ1) is 23.4. The SMILES string of the molecule is CC(C)CCN1CCCC(n2nc(C(=O)N3CCOCC3)c3c2-c2cccnc2S(=O)(=O)C3)C1. The summed E-state index contributed by atoms with van der Waals surface area (Å²) in [7, 11) is -3.66. The number of ether oxygens (including phenoxy) is 1. The fraction of sp³-hybridized carbons (Fsp3) is 0.625. The number of aromatic nitrogens is 3. The summed E-state index contributed by atoms with van der Waals surface area (Å²) >= 11 is 0. The zero-order valence-corrected chi connectivity index (χ0v) is 20.8. The fourth-order valence-electron chi connectivity index (χ4n) is 5.20. The van der Waals surface area contributed by atoms with Crippen LogP contribution < -0.4 is 0 Å². The standard InChI is InChI=1S/C24H33N5O4S/c1-17(2)7-10-27-9-4-5-18(15-27)29-22-19-6-3-8-25-23(19)34(31,32)16-20(22)21(26-29)24(30)28-11-13-33-14-12-28/h3,6,8,17-18H,4-5,7,9-16H2,1-2H3. The van der Waals surface area contributed by atoms with Crippen molar-refractivity contribution >= 4 is 15.7 Å². The maximum atomic E-state index is 13.5. The van der Waals surface area contributed by atoms with Crippen molar-refractivity contribution < 1.29 is 17.9 Å². The Morgan fingerprint density at radius 2 is 2.03 bits per heavy atom. The smallest absolute Gasteiger partial charge is 0.274 e. The Morgan fingerprint density at radius 1 is 1.24 bits per heavy atom. The van der Waals surface area contributed by atoms with E-state index in [0.717, 1.165) is 44.6 Å². The lowest BCUT2D eigenvalue weighted by Gasteiger charge is -2.34. The second-order valence-corrected chi connectivity index (χ2v) is 11.8. The number of morpholine rings is 1.